The highest BCUT2D eigenvalue weighted by molar-refractivity contribution is 7.97. The standard InChI is InChI=1S/C14H23N3S/c1-3-8-15-13-9-12(11-6-4-5-7-11)16-14(17-13)10-18-2/h9,11H,3-8,10H2,1-2H3,(H,15,16,17). The van der Waals surface area contributed by atoms with Crippen molar-refractivity contribution in [3.8, 4) is 0 Å². The summed E-state index contributed by atoms with van der Waals surface area (Å²) in [5, 5.41) is 3.40. The Hall–Kier alpha value is -0.770. The molecule has 0 bridgehead atoms. The van der Waals surface area contributed by atoms with E-state index in [-0.39, 0.29) is 0 Å². The third-order valence-corrected chi connectivity index (χ3v) is 3.94. The molecule has 1 aliphatic rings. The number of hydrogen-bond acceptors (Lipinski definition) is 4. The Bertz CT molecular complexity index is 375. The molecular formula is C14H23N3S. The summed E-state index contributed by atoms with van der Waals surface area (Å²) in [5.74, 6) is 3.56. The average Bonchev–Trinajstić information content (AvgIpc) is 2.90. The molecule has 0 aliphatic heterocycles. The summed E-state index contributed by atoms with van der Waals surface area (Å²) in [6.45, 7) is 3.16. The maximum atomic E-state index is 4.74. The van der Waals surface area contributed by atoms with Gasteiger partial charge in [0, 0.05) is 24.2 Å². The Morgan fingerprint density at radius 2 is 2.11 bits per heavy atom. The molecule has 0 radical (unpaired) electrons. The Labute approximate surface area is 114 Å². The Kier molecular flexibility index (Phi) is 5.29. The van der Waals surface area contributed by atoms with Crippen molar-refractivity contribution < 1.29 is 0 Å². The summed E-state index contributed by atoms with van der Waals surface area (Å²) >= 11 is 1.79. The molecule has 1 aromatic heterocycles. The fourth-order valence-corrected chi connectivity index (χ4v) is 2.87. The van der Waals surface area contributed by atoms with Crippen LogP contribution in [0.5, 0.6) is 0 Å². The number of nitrogens with one attached hydrogen (secondary N) is 1. The van der Waals surface area contributed by atoms with Gasteiger partial charge in [-0.15, -0.1) is 0 Å². The molecule has 1 aliphatic carbocycles. The van der Waals surface area contributed by atoms with E-state index in [9.17, 15) is 0 Å². The van der Waals surface area contributed by atoms with Crippen molar-refractivity contribution in [3.05, 3.63) is 17.6 Å². The van der Waals surface area contributed by atoms with Crippen LogP contribution in [0.15, 0.2) is 6.07 Å². The van der Waals surface area contributed by atoms with E-state index < -0.39 is 0 Å². The number of rotatable bonds is 6. The lowest BCUT2D eigenvalue weighted by Crippen LogP contribution is -2.08. The van der Waals surface area contributed by atoms with E-state index in [1.54, 1.807) is 11.8 Å². The van der Waals surface area contributed by atoms with E-state index in [0.29, 0.717) is 5.92 Å². The number of aromatic nitrogens is 2. The first-order chi connectivity index (χ1) is 8.83. The van der Waals surface area contributed by atoms with Crippen molar-refractivity contribution in [2.24, 2.45) is 0 Å². The molecule has 18 heavy (non-hydrogen) atoms. The molecule has 0 saturated heterocycles. The molecule has 0 aromatic carbocycles. The predicted molar refractivity (Wildman–Crippen MR) is 79.2 cm³/mol. The van der Waals surface area contributed by atoms with E-state index in [1.165, 1.54) is 31.4 Å². The first-order valence-electron chi connectivity index (χ1n) is 6.94. The third-order valence-electron chi connectivity index (χ3n) is 3.40. The topological polar surface area (TPSA) is 37.8 Å². The number of anilines is 1. The summed E-state index contributed by atoms with van der Waals surface area (Å²) in [6.07, 6.45) is 8.52. The van der Waals surface area contributed by atoms with Gasteiger partial charge in [0.05, 0.1) is 5.75 Å². The summed E-state index contributed by atoms with van der Waals surface area (Å²) in [4.78, 5) is 9.33. The van der Waals surface area contributed by atoms with Gasteiger partial charge in [-0.05, 0) is 25.5 Å². The van der Waals surface area contributed by atoms with E-state index >= 15 is 0 Å². The first-order valence-corrected chi connectivity index (χ1v) is 8.33. The highest BCUT2D eigenvalue weighted by Gasteiger charge is 2.19. The van der Waals surface area contributed by atoms with E-state index in [2.05, 4.69) is 29.5 Å². The van der Waals surface area contributed by atoms with Gasteiger partial charge in [-0.3, -0.25) is 0 Å². The molecule has 1 N–H and O–H groups in total. The molecule has 0 unspecified atom stereocenters. The van der Waals surface area contributed by atoms with Gasteiger partial charge < -0.3 is 5.32 Å². The second-order valence-electron chi connectivity index (χ2n) is 4.94. The predicted octanol–water partition coefficient (Wildman–Crippen LogP) is 3.82. The maximum absolute atomic E-state index is 4.74. The zero-order valence-electron chi connectivity index (χ0n) is 11.4. The minimum atomic E-state index is 0.663. The number of thioether (sulfide) groups is 1. The van der Waals surface area contributed by atoms with E-state index in [4.69, 9.17) is 4.98 Å². The molecule has 1 fully saturated rings. The van der Waals surface area contributed by atoms with Crippen LogP contribution in [-0.4, -0.2) is 22.8 Å². The van der Waals surface area contributed by atoms with Crippen molar-refractivity contribution in [3.63, 3.8) is 0 Å². The molecule has 1 aromatic rings. The van der Waals surface area contributed by atoms with Crippen LogP contribution in [-0.2, 0) is 5.75 Å². The van der Waals surface area contributed by atoms with Crippen LogP contribution < -0.4 is 5.32 Å². The van der Waals surface area contributed by atoms with Gasteiger partial charge in [0.15, 0.2) is 0 Å². The van der Waals surface area contributed by atoms with Crippen LogP contribution in [0.1, 0.15) is 56.5 Å². The van der Waals surface area contributed by atoms with Gasteiger partial charge in [-0.1, -0.05) is 19.8 Å². The minimum absolute atomic E-state index is 0.663. The molecule has 1 heterocycles. The second-order valence-corrected chi connectivity index (χ2v) is 5.80. The van der Waals surface area contributed by atoms with Crippen LogP contribution in [0, 0.1) is 0 Å². The maximum Gasteiger partial charge on any atom is 0.140 e. The first kappa shape index (κ1) is 13.7. The normalized spacial score (nSPS) is 16.1. The highest BCUT2D eigenvalue weighted by atomic mass is 32.2. The monoisotopic (exact) mass is 265 g/mol. The van der Waals surface area contributed by atoms with Gasteiger partial charge in [-0.2, -0.15) is 11.8 Å². The van der Waals surface area contributed by atoms with Crippen molar-refractivity contribution in [2.75, 3.05) is 18.1 Å². The van der Waals surface area contributed by atoms with Gasteiger partial charge >= 0.3 is 0 Å². The molecule has 0 spiro atoms. The molecule has 0 amide bonds. The number of hydrogen-bond donors (Lipinski definition) is 1. The van der Waals surface area contributed by atoms with Crippen molar-refractivity contribution in [1.29, 1.82) is 0 Å². The Morgan fingerprint density at radius 3 is 2.78 bits per heavy atom. The minimum Gasteiger partial charge on any atom is -0.370 e. The lowest BCUT2D eigenvalue weighted by Gasteiger charge is -2.13. The van der Waals surface area contributed by atoms with Gasteiger partial charge in [-0.25, -0.2) is 9.97 Å². The highest BCUT2D eigenvalue weighted by Crippen LogP contribution is 2.33. The molecule has 3 nitrogen and oxygen atoms in total. The SMILES string of the molecule is CCCNc1cc(C2CCCC2)nc(CSC)n1. The Morgan fingerprint density at radius 1 is 1.33 bits per heavy atom. The summed E-state index contributed by atoms with van der Waals surface area (Å²) in [7, 11) is 0. The molecule has 1 saturated carbocycles. The summed E-state index contributed by atoms with van der Waals surface area (Å²) in [5.41, 5.74) is 1.25. The zero-order chi connectivity index (χ0) is 12.8. The third kappa shape index (κ3) is 3.61. The molecule has 0 atom stereocenters. The molecule has 100 valence electrons. The van der Waals surface area contributed by atoms with Gasteiger partial charge in [0.2, 0.25) is 0 Å². The molecule has 4 heteroatoms. The van der Waals surface area contributed by atoms with Crippen LogP contribution in [0.25, 0.3) is 0 Å². The van der Waals surface area contributed by atoms with Crippen LogP contribution >= 0.6 is 11.8 Å². The van der Waals surface area contributed by atoms with E-state index in [1.807, 2.05) is 0 Å². The second kappa shape index (κ2) is 6.98. The zero-order valence-corrected chi connectivity index (χ0v) is 12.2. The fraction of sp³-hybridized carbons (Fsp3) is 0.714. The van der Waals surface area contributed by atoms with Gasteiger partial charge in [0.1, 0.15) is 11.6 Å². The summed E-state index contributed by atoms with van der Waals surface area (Å²) in [6, 6.07) is 2.16. The van der Waals surface area contributed by atoms with Crippen LogP contribution in [0.3, 0.4) is 0 Å². The smallest absolute Gasteiger partial charge is 0.140 e. The van der Waals surface area contributed by atoms with Crippen molar-refractivity contribution in [1.82, 2.24) is 9.97 Å². The van der Waals surface area contributed by atoms with Crippen molar-refractivity contribution in [2.45, 2.75) is 50.7 Å². The molecular weight excluding hydrogens is 242 g/mol. The lowest BCUT2D eigenvalue weighted by molar-refractivity contribution is 0.688. The fourth-order valence-electron chi connectivity index (χ4n) is 2.49. The molecule has 2 rings (SSSR count). The number of nitrogens with zero attached hydrogens (tertiary/aromatic N) is 2. The van der Waals surface area contributed by atoms with Crippen LogP contribution in [0.2, 0.25) is 0 Å². The lowest BCUT2D eigenvalue weighted by atomic mass is 10.0. The van der Waals surface area contributed by atoms with Gasteiger partial charge in [0.25, 0.3) is 0 Å². The van der Waals surface area contributed by atoms with Crippen molar-refractivity contribution >= 4 is 17.6 Å². The van der Waals surface area contributed by atoms with Crippen LogP contribution in [0.4, 0.5) is 5.82 Å². The van der Waals surface area contributed by atoms with E-state index in [0.717, 1.165) is 30.4 Å². The average molecular weight is 265 g/mol. The Balaban J connectivity index is 2.17. The largest absolute Gasteiger partial charge is 0.370 e. The quantitative estimate of drug-likeness (QED) is 0.848. The summed E-state index contributed by atoms with van der Waals surface area (Å²) < 4.78 is 0.